The molecule has 0 atom stereocenters. The van der Waals surface area contributed by atoms with Crippen LogP contribution < -0.4 is 5.56 Å². The number of aromatic nitrogens is 1. The van der Waals surface area contributed by atoms with E-state index in [0.717, 1.165) is 19.3 Å². The van der Waals surface area contributed by atoms with E-state index in [1.165, 1.54) is 24.5 Å². The molecule has 0 saturated carbocycles. The molecule has 0 amide bonds. The van der Waals surface area contributed by atoms with E-state index < -0.39 is 5.97 Å². The standard InChI is InChI=1S/C16H21NO3/c1-11-10-14(18)17(12(2)15(11)16(19)20)9-8-13-6-4-3-5-7-13/h6,10H,3-5,7-9H2,1-2H3,(H,19,20). The highest BCUT2D eigenvalue weighted by Crippen LogP contribution is 2.21. The Bertz CT molecular complexity index is 611. The Morgan fingerprint density at radius 1 is 1.35 bits per heavy atom. The van der Waals surface area contributed by atoms with Crippen LogP contribution in [-0.4, -0.2) is 15.6 Å². The van der Waals surface area contributed by atoms with Crippen molar-refractivity contribution in [2.75, 3.05) is 0 Å². The lowest BCUT2D eigenvalue weighted by molar-refractivity contribution is 0.0694. The number of nitrogens with zero attached hydrogens (tertiary/aromatic N) is 1. The van der Waals surface area contributed by atoms with Crippen LogP contribution in [0.1, 0.15) is 53.7 Å². The van der Waals surface area contributed by atoms with Gasteiger partial charge in [0.05, 0.1) is 5.56 Å². The fourth-order valence-electron chi connectivity index (χ4n) is 2.91. The van der Waals surface area contributed by atoms with E-state index >= 15 is 0 Å². The highest BCUT2D eigenvalue weighted by atomic mass is 16.4. The van der Waals surface area contributed by atoms with Gasteiger partial charge in [0.15, 0.2) is 0 Å². The lowest BCUT2D eigenvalue weighted by atomic mass is 9.97. The summed E-state index contributed by atoms with van der Waals surface area (Å²) in [4.78, 5) is 23.3. The normalized spacial score (nSPS) is 15.0. The van der Waals surface area contributed by atoms with E-state index in [-0.39, 0.29) is 11.1 Å². The summed E-state index contributed by atoms with van der Waals surface area (Å²) < 4.78 is 1.59. The summed E-state index contributed by atoms with van der Waals surface area (Å²) in [7, 11) is 0. The van der Waals surface area contributed by atoms with Gasteiger partial charge in [0, 0.05) is 18.3 Å². The zero-order valence-corrected chi connectivity index (χ0v) is 12.1. The Labute approximate surface area is 118 Å². The second-order valence-corrected chi connectivity index (χ2v) is 5.44. The number of hydrogen-bond acceptors (Lipinski definition) is 2. The molecule has 0 bridgehead atoms. The van der Waals surface area contributed by atoms with Gasteiger partial charge in [-0.25, -0.2) is 4.79 Å². The van der Waals surface area contributed by atoms with Crippen molar-refractivity contribution in [1.82, 2.24) is 4.57 Å². The van der Waals surface area contributed by atoms with E-state index in [1.807, 2.05) is 0 Å². The molecule has 1 N–H and O–H groups in total. The monoisotopic (exact) mass is 275 g/mol. The predicted octanol–water partition coefficient (Wildman–Crippen LogP) is 3.05. The number of pyridine rings is 1. The van der Waals surface area contributed by atoms with Gasteiger partial charge in [-0.05, 0) is 51.5 Å². The molecule has 1 aliphatic rings. The number of aromatic carboxylic acids is 1. The Balaban J connectivity index is 2.27. The Hall–Kier alpha value is -1.84. The Kier molecular flexibility index (Phi) is 4.42. The third-order valence-corrected chi connectivity index (χ3v) is 4.02. The molecule has 0 spiro atoms. The van der Waals surface area contributed by atoms with Crippen LogP contribution in [0.3, 0.4) is 0 Å². The van der Waals surface area contributed by atoms with Crippen LogP contribution in [-0.2, 0) is 6.54 Å². The van der Waals surface area contributed by atoms with Gasteiger partial charge in [-0.15, -0.1) is 0 Å². The first-order valence-corrected chi connectivity index (χ1v) is 7.13. The van der Waals surface area contributed by atoms with Crippen LogP contribution in [0.4, 0.5) is 0 Å². The van der Waals surface area contributed by atoms with Gasteiger partial charge in [-0.2, -0.15) is 0 Å². The summed E-state index contributed by atoms with van der Waals surface area (Å²) in [5.41, 5.74) is 2.62. The maximum Gasteiger partial charge on any atom is 0.337 e. The second-order valence-electron chi connectivity index (χ2n) is 5.44. The maximum absolute atomic E-state index is 12.1. The van der Waals surface area contributed by atoms with Gasteiger partial charge in [0.1, 0.15) is 0 Å². The van der Waals surface area contributed by atoms with Crippen molar-refractivity contribution in [3.63, 3.8) is 0 Å². The third-order valence-electron chi connectivity index (χ3n) is 4.02. The number of carboxylic acids is 1. The molecule has 0 aromatic carbocycles. The van der Waals surface area contributed by atoms with Gasteiger partial charge in [0.2, 0.25) is 0 Å². The fourth-order valence-corrected chi connectivity index (χ4v) is 2.91. The van der Waals surface area contributed by atoms with Gasteiger partial charge in [-0.1, -0.05) is 11.6 Å². The third kappa shape index (κ3) is 3.00. The lowest BCUT2D eigenvalue weighted by Crippen LogP contribution is -2.25. The summed E-state index contributed by atoms with van der Waals surface area (Å²) in [6.45, 7) is 3.95. The zero-order valence-electron chi connectivity index (χ0n) is 12.1. The zero-order chi connectivity index (χ0) is 14.7. The van der Waals surface area contributed by atoms with Gasteiger partial charge in [0.25, 0.3) is 5.56 Å². The molecule has 20 heavy (non-hydrogen) atoms. The lowest BCUT2D eigenvalue weighted by Gasteiger charge is -2.16. The van der Waals surface area contributed by atoms with Crippen LogP contribution >= 0.6 is 0 Å². The molecule has 0 fully saturated rings. The molecule has 1 aliphatic carbocycles. The van der Waals surface area contributed by atoms with Crippen molar-refractivity contribution >= 4 is 5.97 Å². The summed E-state index contributed by atoms with van der Waals surface area (Å²) >= 11 is 0. The minimum Gasteiger partial charge on any atom is -0.478 e. The summed E-state index contributed by atoms with van der Waals surface area (Å²) in [6, 6.07) is 1.42. The average Bonchev–Trinajstić information content (AvgIpc) is 2.38. The maximum atomic E-state index is 12.1. The molecule has 1 heterocycles. The van der Waals surface area contributed by atoms with E-state index in [0.29, 0.717) is 17.8 Å². The molecular formula is C16H21NO3. The number of rotatable bonds is 4. The number of carbonyl (C=O) groups is 1. The molecule has 2 rings (SSSR count). The molecular weight excluding hydrogens is 254 g/mol. The number of aryl methyl sites for hydroxylation is 1. The van der Waals surface area contributed by atoms with E-state index in [2.05, 4.69) is 6.08 Å². The van der Waals surface area contributed by atoms with E-state index in [4.69, 9.17) is 0 Å². The highest BCUT2D eigenvalue weighted by Gasteiger charge is 2.16. The molecule has 0 saturated heterocycles. The van der Waals surface area contributed by atoms with Crippen molar-refractivity contribution in [3.05, 3.63) is 44.9 Å². The first-order chi connectivity index (χ1) is 9.50. The summed E-state index contributed by atoms with van der Waals surface area (Å²) in [5, 5.41) is 9.25. The predicted molar refractivity (Wildman–Crippen MR) is 78.3 cm³/mol. The molecule has 4 nitrogen and oxygen atoms in total. The largest absolute Gasteiger partial charge is 0.478 e. The topological polar surface area (TPSA) is 59.3 Å². The average molecular weight is 275 g/mol. The van der Waals surface area contributed by atoms with Gasteiger partial charge in [-0.3, -0.25) is 4.79 Å². The highest BCUT2D eigenvalue weighted by molar-refractivity contribution is 5.90. The van der Waals surface area contributed by atoms with Crippen LogP contribution in [0, 0.1) is 13.8 Å². The number of hydrogen-bond donors (Lipinski definition) is 1. The minimum atomic E-state index is -0.967. The SMILES string of the molecule is Cc1cc(=O)n(CCC2=CCCCC2)c(C)c1C(=O)O. The molecule has 0 unspecified atom stereocenters. The minimum absolute atomic E-state index is 0.110. The molecule has 4 heteroatoms. The number of carboxylic acid groups (broad SMARTS) is 1. The van der Waals surface area contributed by atoms with Crippen molar-refractivity contribution in [3.8, 4) is 0 Å². The second kappa shape index (κ2) is 6.07. The van der Waals surface area contributed by atoms with Crippen LogP contribution in [0.5, 0.6) is 0 Å². The molecule has 0 aliphatic heterocycles. The number of allylic oxidation sites excluding steroid dienone is 2. The molecule has 1 aromatic heterocycles. The van der Waals surface area contributed by atoms with Crippen molar-refractivity contribution < 1.29 is 9.90 Å². The molecule has 1 aromatic rings. The Morgan fingerprint density at radius 3 is 2.70 bits per heavy atom. The smallest absolute Gasteiger partial charge is 0.337 e. The molecule has 0 radical (unpaired) electrons. The van der Waals surface area contributed by atoms with Crippen LogP contribution in [0.25, 0.3) is 0 Å². The first kappa shape index (κ1) is 14.6. The van der Waals surface area contributed by atoms with Gasteiger partial charge < -0.3 is 9.67 Å². The van der Waals surface area contributed by atoms with Crippen molar-refractivity contribution in [1.29, 1.82) is 0 Å². The summed E-state index contributed by atoms with van der Waals surface area (Å²) in [6.07, 6.45) is 7.78. The van der Waals surface area contributed by atoms with E-state index in [1.54, 1.807) is 18.4 Å². The quantitative estimate of drug-likeness (QED) is 0.859. The fraction of sp³-hybridized carbons (Fsp3) is 0.500. The van der Waals surface area contributed by atoms with Crippen molar-refractivity contribution in [2.24, 2.45) is 0 Å². The Morgan fingerprint density at radius 2 is 2.10 bits per heavy atom. The van der Waals surface area contributed by atoms with Gasteiger partial charge >= 0.3 is 5.97 Å². The van der Waals surface area contributed by atoms with Crippen molar-refractivity contribution in [2.45, 2.75) is 52.5 Å². The van der Waals surface area contributed by atoms with Crippen LogP contribution in [0.15, 0.2) is 22.5 Å². The van der Waals surface area contributed by atoms with Crippen LogP contribution in [0.2, 0.25) is 0 Å². The molecule has 108 valence electrons. The first-order valence-electron chi connectivity index (χ1n) is 7.13. The van der Waals surface area contributed by atoms with E-state index in [9.17, 15) is 14.7 Å². The summed E-state index contributed by atoms with van der Waals surface area (Å²) in [5.74, 6) is -0.967.